The maximum atomic E-state index is 12.3. The molecule has 9 heteroatoms. The number of nitrogens with zero attached hydrogens (tertiary/aromatic N) is 1. The summed E-state index contributed by atoms with van der Waals surface area (Å²) in [6, 6.07) is 6.55. The van der Waals surface area contributed by atoms with Gasteiger partial charge in [-0.05, 0) is 46.6 Å². The zero-order valence-electron chi connectivity index (χ0n) is 10.9. The Hall–Kier alpha value is -1.35. The minimum Gasteiger partial charge on any atom is -0.307 e. The fourth-order valence-corrected chi connectivity index (χ4v) is 3.64. The molecule has 0 unspecified atom stereocenters. The van der Waals surface area contributed by atoms with E-state index < -0.39 is 10.0 Å². The molecular weight excluding hydrogens is 380 g/mol. The van der Waals surface area contributed by atoms with Crippen LogP contribution < -0.4 is 16.0 Å². The van der Waals surface area contributed by atoms with Crippen molar-refractivity contribution in [1.82, 2.24) is 4.98 Å². The van der Waals surface area contributed by atoms with Gasteiger partial charge in [-0.15, -0.1) is 0 Å². The Morgan fingerprint density at radius 3 is 2.62 bits per heavy atom. The van der Waals surface area contributed by atoms with Crippen molar-refractivity contribution in [1.29, 1.82) is 0 Å². The maximum absolute atomic E-state index is 12.3. The van der Waals surface area contributed by atoms with Gasteiger partial charge in [0, 0.05) is 10.7 Å². The summed E-state index contributed by atoms with van der Waals surface area (Å²) in [5, 5.41) is 0.114. The van der Waals surface area contributed by atoms with Crippen LogP contribution in [0.15, 0.2) is 39.8 Å². The van der Waals surface area contributed by atoms with Crippen LogP contribution in [0.2, 0.25) is 5.02 Å². The van der Waals surface area contributed by atoms with Crippen LogP contribution in [0.5, 0.6) is 0 Å². The number of hydrogen-bond acceptors (Lipinski definition) is 5. The summed E-state index contributed by atoms with van der Waals surface area (Å²) in [6.45, 7) is 1.91. The number of nitrogens with one attached hydrogen (secondary N) is 2. The van der Waals surface area contributed by atoms with E-state index >= 15 is 0 Å². The van der Waals surface area contributed by atoms with Gasteiger partial charge in [0.1, 0.15) is 4.90 Å². The number of halogens is 2. The molecule has 1 heterocycles. The van der Waals surface area contributed by atoms with Crippen LogP contribution in [0.3, 0.4) is 0 Å². The Morgan fingerprint density at radius 2 is 2.05 bits per heavy atom. The highest BCUT2D eigenvalue weighted by Gasteiger charge is 2.18. The first kappa shape index (κ1) is 16.0. The number of aryl methyl sites for hydroxylation is 1. The van der Waals surface area contributed by atoms with Gasteiger partial charge in [-0.2, -0.15) is 0 Å². The Morgan fingerprint density at radius 1 is 1.33 bits per heavy atom. The second-order valence-electron chi connectivity index (χ2n) is 4.23. The number of nitrogens with two attached hydrogens (primary N) is 1. The molecule has 0 amide bonds. The number of rotatable bonds is 4. The Bertz CT molecular complexity index is 783. The highest BCUT2D eigenvalue weighted by molar-refractivity contribution is 9.10. The van der Waals surface area contributed by atoms with Gasteiger partial charge < -0.3 is 5.43 Å². The summed E-state index contributed by atoms with van der Waals surface area (Å²) in [5.74, 6) is 5.40. The average molecular weight is 392 g/mol. The van der Waals surface area contributed by atoms with Crippen LogP contribution in [-0.2, 0) is 10.0 Å². The van der Waals surface area contributed by atoms with Crippen LogP contribution in [0.25, 0.3) is 0 Å². The quantitative estimate of drug-likeness (QED) is 0.550. The predicted octanol–water partition coefficient (Wildman–Crippen LogP) is 2.89. The number of hydrazine groups is 1. The molecule has 2 rings (SSSR count). The molecule has 0 radical (unpaired) electrons. The molecule has 2 aromatic rings. The molecule has 6 nitrogen and oxygen atoms in total. The SMILES string of the molecule is Cc1ccc(NS(=O)(=O)c2cnc(NN)c(Cl)c2)c(Br)c1. The van der Waals surface area contributed by atoms with Gasteiger partial charge in [0.2, 0.25) is 0 Å². The molecule has 112 valence electrons. The third-order valence-corrected chi connectivity index (χ3v) is 4.91. The van der Waals surface area contributed by atoms with Gasteiger partial charge in [0.05, 0.1) is 10.7 Å². The molecule has 1 aromatic heterocycles. The van der Waals surface area contributed by atoms with E-state index in [4.69, 9.17) is 17.4 Å². The van der Waals surface area contributed by atoms with Crippen molar-refractivity contribution >= 4 is 49.1 Å². The van der Waals surface area contributed by atoms with Crippen LogP contribution in [0.4, 0.5) is 11.5 Å². The van der Waals surface area contributed by atoms with Crippen molar-refractivity contribution in [2.24, 2.45) is 5.84 Å². The highest BCUT2D eigenvalue weighted by Crippen LogP contribution is 2.27. The maximum Gasteiger partial charge on any atom is 0.263 e. The van der Waals surface area contributed by atoms with Gasteiger partial charge in [-0.25, -0.2) is 19.2 Å². The summed E-state index contributed by atoms with van der Waals surface area (Å²) >= 11 is 9.20. The van der Waals surface area contributed by atoms with Gasteiger partial charge in [0.15, 0.2) is 5.82 Å². The minimum absolute atomic E-state index is 0.0565. The standard InChI is InChI=1S/C12H12BrClN4O2S/c1-7-2-3-11(9(13)4-7)18-21(19,20)8-5-10(14)12(17-15)16-6-8/h2-6,18H,15H2,1H3,(H,16,17). The highest BCUT2D eigenvalue weighted by atomic mass is 79.9. The number of benzene rings is 1. The number of anilines is 2. The molecule has 0 spiro atoms. The van der Waals surface area contributed by atoms with Crippen molar-refractivity contribution in [3.63, 3.8) is 0 Å². The van der Waals surface area contributed by atoms with Gasteiger partial charge in [-0.1, -0.05) is 17.7 Å². The van der Waals surface area contributed by atoms with Crippen molar-refractivity contribution in [2.45, 2.75) is 11.8 Å². The van der Waals surface area contributed by atoms with E-state index in [2.05, 4.69) is 31.1 Å². The number of sulfonamides is 1. The molecule has 1 aromatic carbocycles. The molecule has 0 aliphatic carbocycles. The molecule has 0 fully saturated rings. The topological polar surface area (TPSA) is 97.1 Å². The van der Waals surface area contributed by atoms with E-state index in [1.807, 2.05) is 13.0 Å². The van der Waals surface area contributed by atoms with Crippen LogP contribution in [-0.4, -0.2) is 13.4 Å². The van der Waals surface area contributed by atoms with E-state index in [9.17, 15) is 8.42 Å². The normalized spacial score (nSPS) is 11.2. The first-order valence-corrected chi connectivity index (χ1v) is 8.40. The van der Waals surface area contributed by atoms with Crippen molar-refractivity contribution in [2.75, 3.05) is 10.1 Å². The first-order valence-electron chi connectivity index (χ1n) is 5.74. The molecule has 0 aliphatic heterocycles. The van der Waals surface area contributed by atoms with E-state index in [0.29, 0.717) is 10.2 Å². The lowest BCUT2D eigenvalue weighted by Gasteiger charge is -2.11. The lowest BCUT2D eigenvalue weighted by molar-refractivity contribution is 0.601. The summed E-state index contributed by atoms with van der Waals surface area (Å²) < 4.78 is 27.7. The Kier molecular flexibility index (Phi) is 4.72. The monoisotopic (exact) mass is 390 g/mol. The van der Waals surface area contributed by atoms with Crippen molar-refractivity contribution in [3.8, 4) is 0 Å². The third-order valence-electron chi connectivity index (χ3n) is 2.63. The van der Waals surface area contributed by atoms with Gasteiger partial charge >= 0.3 is 0 Å². The molecular formula is C12H12BrClN4O2S. The zero-order valence-corrected chi connectivity index (χ0v) is 14.1. The summed E-state index contributed by atoms with van der Waals surface area (Å²) in [4.78, 5) is 3.79. The summed E-state index contributed by atoms with van der Waals surface area (Å²) in [5.41, 5.74) is 3.71. The van der Waals surface area contributed by atoms with Crippen LogP contribution >= 0.6 is 27.5 Å². The Balaban J connectivity index is 2.36. The number of hydrogen-bond donors (Lipinski definition) is 3. The van der Waals surface area contributed by atoms with E-state index in [0.717, 1.165) is 5.56 Å². The van der Waals surface area contributed by atoms with E-state index in [1.54, 1.807) is 12.1 Å². The lowest BCUT2D eigenvalue weighted by Crippen LogP contribution is -2.15. The summed E-state index contributed by atoms with van der Waals surface area (Å²) in [6.07, 6.45) is 1.17. The fourth-order valence-electron chi connectivity index (χ4n) is 1.58. The largest absolute Gasteiger partial charge is 0.307 e. The smallest absolute Gasteiger partial charge is 0.263 e. The van der Waals surface area contributed by atoms with E-state index in [1.165, 1.54) is 12.3 Å². The number of nitrogen functional groups attached to an aromatic ring is 1. The van der Waals surface area contributed by atoms with Gasteiger partial charge in [0.25, 0.3) is 10.0 Å². The predicted molar refractivity (Wildman–Crippen MR) is 86.7 cm³/mol. The molecule has 4 N–H and O–H groups in total. The van der Waals surface area contributed by atoms with Crippen molar-refractivity contribution < 1.29 is 8.42 Å². The summed E-state index contributed by atoms with van der Waals surface area (Å²) in [7, 11) is -3.79. The minimum atomic E-state index is -3.79. The van der Waals surface area contributed by atoms with Crippen LogP contribution in [0.1, 0.15) is 5.56 Å². The fraction of sp³-hybridized carbons (Fsp3) is 0.0833. The average Bonchev–Trinajstić information content (AvgIpc) is 2.42. The molecule has 0 aliphatic rings. The molecule has 0 bridgehead atoms. The molecule has 0 saturated heterocycles. The third kappa shape index (κ3) is 3.65. The van der Waals surface area contributed by atoms with Crippen LogP contribution in [0, 0.1) is 6.92 Å². The molecule has 0 atom stereocenters. The first-order chi connectivity index (χ1) is 9.83. The van der Waals surface area contributed by atoms with Crippen molar-refractivity contribution in [3.05, 3.63) is 45.5 Å². The second-order valence-corrected chi connectivity index (χ2v) is 7.18. The molecule has 21 heavy (non-hydrogen) atoms. The number of aromatic nitrogens is 1. The van der Waals surface area contributed by atoms with E-state index in [-0.39, 0.29) is 15.7 Å². The lowest BCUT2D eigenvalue weighted by atomic mass is 10.2. The molecule has 0 saturated carbocycles. The second kappa shape index (κ2) is 6.18. The zero-order chi connectivity index (χ0) is 15.6. The number of pyridine rings is 1. The van der Waals surface area contributed by atoms with Gasteiger partial charge in [-0.3, -0.25) is 4.72 Å². The Labute approximate surface area is 135 Å².